The topological polar surface area (TPSA) is 129 Å². The molecule has 0 bridgehead atoms. The van der Waals surface area contributed by atoms with Gasteiger partial charge in [0, 0.05) is 52.3 Å². The summed E-state index contributed by atoms with van der Waals surface area (Å²) in [4.78, 5) is 60.2. The van der Waals surface area contributed by atoms with E-state index >= 15 is 0 Å². The third-order valence-corrected chi connectivity index (χ3v) is 11.1. The number of hydrogen-bond donors (Lipinski definition) is 2. The highest BCUT2D eigenvalue weighted by atomic mass is 19.1. The second-order valence-corrected chi connectivity index (χ2v) is 15.7. The molecule has 1 aliphatic rings. The monoisotopic (exact) mass is 752 g/mol. The molecule has 1 saturated heterocycles. The van der Waals surface area contributed by atoms with E-state index in [-0.39, 0.29) is 85.7 Å². The third-order valence-electron chi connectivity index (χ3n) is 11.1. The van der Waals surface area contributed by atoms with E-state index in [0.717, 1.165) is 12.1 Å². The average Bonchev–Trinajstić information content (AvgIpc) is 3.48. The van der Waals surface area contributed by atoms with Gasteiger partial charge in [0.05, 0.1) is 48.8 Å². The maximum atomic E-state index is 14.2. The van der Waals surface area contributed by atoms with Gasteiger partial charge < -0.3 is 29.7 Å². The fourth-order valence-electron chi connectivity index (χ4n) is 8.01. The van der Waals surface area contributed by atoms with Gasteiger partial charge in [-0.1, -0.05) is 61.0 Å². The number of likely N-dealkylation sites (N-methyl/N-ethyl adjacent to an activating group) is 2. The number of β-amino-alcohol motifs (C(OH)–C–C–N with tert-alkyl or cyclic N) is 1. The SMILES string of the molecule is CC[C@H](C)[C@@H]([C@@H](CC(=O)N1C[C@@H](O)C[C@H]1[C@H](OC)[C@@H](C)C(=O)NCCc1c(F)cccc1F)OC)N(C)C(=O)[C@@H](CC(=O)[C@H](C(C)C)N(C)C)C(C)C. The van der Waals surface area contributed by atoms with E-state index in [0.29, 0.717) is 6.42 Å². The first kappa shape index (κ1) is 46.2. The summed E-state index contributed by atoms with van der Waals surface area (Å²) in [6.45, 7) is 13.6. The van der Waals surface area contributed by atoms with Crippen LogP contribution in [0.3, 0.4) is 0 Å². The first-order chi connectivity index (χ1) is 24.8. The number of methoxy groups -OCH3 is 2. The second-order valence-electron chi connectivity index (χ2n) is 15.7. The number of nitrogens with zero attached hydrogens (tertiary/aromatic N) is 3. The standard InChI is InChI=1S/C40H66F2N4O7/c1-13-25(6)37(45(10)40(51)29(23(2)3)20-33(48)36(24(4)5)44(8)9)34(52-11)21-35(49)46-22-27(47)19-32(46)38(53-12)26(7)39(50)43-18-17-28-30(41)15-14-16-31(28)42/h14-16,23-27,29,32,34,36-38,47H,13,17-22H2,1-12H3,(H,43,50)/t25-,26+,27-,29-,32-,34+,36-,37-,38+/m0/s1. The number of carbonyl (C=O) groups excluding carboxylic acids is 4. The number of benzene rings is 1. The molecule has 0 radical (unpaired) electrons. The second kappa shape index (κ2) is 21.2. The van der Waals surface area contributed by atoms with Crippen LogP contribution in [0.2, 0.25) is 0 Å². The molecule has 9 atom stereocenters. The Balaban J connectivity index is 2.26. The van der Waals surface area contributed by atoms with Crippen molar-refractivity contribution in [3.8, 4) is 0 Å². The Kier molecular flexibility index (Phi) is 18.4. The van der Waals surface area contributed by atoms with Gasteiger partial charge in [-0.2, -0.15) is 0 Å². The van der Waals surface area contributed by atoms with Crippen LogP contribution in [0, 0.1) is 41.2 Å². The zero-order valence-electron chi connectivity index (χ0n) is 34.0. The highest BCUT2D eigenvalue weighted by Gasteiger charge is 2.45. The maximum Gasteiger partial charge on any atom is 0.226 e. The third kappa shape index (κ3) is 12.0. The molecule has 0 aromatic heterocycles. The maximum absolute atomic E-state index is 14.2. The Morgan fingerprint density at radius 1 is 0.962 bits per heavy atom. The van der Waals surface area contributed by atoms with Crippen molar-refractivity contribution >= 4 is 23.5 Å². The van der Waals surface area contributed by atoms with Gasteiger partial charge in [0.25, 0.3) is 0 Å². The summed E-state index contributed by atoms with van der Waals surface area (Å²) in [6.07, 6.45) is -1.51. The van der Waals surface area contributed by atoms with Gasteiger partial charge in [0.15, 0.2) is 5.78 Å². The number of aliphatic hydroxyl groups is 1. The molecule has 2 N–H and O–H groups in total. The Morgan fingerprint density at radius 3 is 2.06 bits per heavy atom. The van der Waals surface area contributed by atoms with Crippen molar-refractivity contribution in [1.82, 2.24) is 20.0 Å². The van der Waals surface area contributed by atoms with Gasteiger partial charge in [0.2, 0.25) is 17.7 Å². The number of nitrogens with one attached hydrogen (secondary N) is 1. The van der Waals surface area contributed by atoms with E-state index in [2.05, 4.69) is 5.32 Å². The summed E-state index contributed by atoms with van der Waals surface area (Å²) < 4.78 is 39.9. The van der Waals surface area contributed by atoms with Gasteiger partial charge in [-0.15, -0.1) is 0 Å². The molecule has 13 heteroatoms. The minimum Gasteiger partial charge on any atom is -0.391 e. The number of hydrogen-bond acceptors (Lipinski definition) is 8. The number of Topliss-reactive ketones (excluding diaryl/α,β-unsaturated/α-hetero) is 1. The molecule has 1 aromatic rings. The summed E-state index contributed by atoms with van der Waals surface area (Å²) in [7, 11) is 8.40. The van der Waals surface area contributed by atoms with Crippen LogP contribution in [-0.2, 0) is 35.1 Å². The van der Waals surface area contributed by atoms with Crippen molar-refractivity contribution < 1.29 is 42.5 Å². The average molecular weight is 753 g/mol. The predicted molar refractivity (Wildman–Crippen MR) is 201 cm³/mol. The van der Waals surface area contributed by atoms with E-state index in [4.69, 9.17) is 9.47 Å². The number of ether oxygens (including phenoxy) is 2. The minimum absolute atomic E-state index is 0.00799. The molecule has 2 rings (SSSR count). The van der Waals surface area contributed by atoms with Crippen LogP contribution in [-0.4, -0.2) is 128 Å². The Labute approximate surface area is 316 Å². The van der Waals surface area contributed by atoms with Crippen LogP contribution >= 0.6 is 0 Å². The van der Waals surface area contributed by atoms with Crippen LogP contribution in [0.25, 0.3) is 0 Å². The summed E-state index contributed by atoms with van der Waals surface area (Å²) in [5.74, 6) is -3.72. The molecule has 0 spiro atoms. The van der Waals surface area contributed by atoms with Crippen molar-refractivity contribution in [2.45, 2.75) is 117 Å². The first-order valence-electron chi connectivity index (χ1n) is 19.0. The summed E-state index contributed by atoms with van der Waals surface area (Å²) in [5, 5.41) is 13.5. The van der Waals surface area contributed by atoms with Crippen LogP contribution in [0.15, 0.2) is 18.2 Å². The van der Waals surface area contributed by atoms with E-state index in [1.165, 1.54) is 25.2 Å². The number of ketones is 1. The molecule has 0 aliphatic carbocycles. The summed E-state index contributed by atoms with van der Waals surface area (Å²) >= 11 is 0. The molecule has 0 saturated carbocycles. The molecule has 1 fully saturated rings. The molecule has 1 aromatic carbocycles. The predicted octanol–water partition coefficient (Wildman–Crippen LogP) is 4.33. The summed E-state index contributed by atoms with van der Waals surface area (Å²) in [5.41, 5.74) is -0.118. The molecule has 1 aliphatic heterocycles. The van der Waals surface area contributed by atoms with Gasteiger partial charge in [-0.3, -0.25) is 24.1 Å². The van der Waals surface area contributed by atoms with Gasteiger partial charge in [0.1, 0.15) is 11.6 Å². The molecule has 0 unspecified atom stereocenters. The molecule has 302 valence electrons. The van der Waals surface area contributed by atoms with Crippen molar-refractivity contribution in [2.24, 2.45) is 29.6 Å². The lowest BCUT2D eigenvalue weighted by atomic mass is 9.83. The van der Waals surface area contributed by atoms with Crippen LogP contribution in [0.5, 0.6) is 0 Å². The normalized spacial score (nSPS) is 20.2. The lowest BCUT2D eigenvalue weighted by Crippen LogP contribution is -2.54. The first-order valence-corrected chi connectivity index (χ1v) is 19.0. The number of halogens is 2. The smallest absolute Gasteiger partial charge is 0.226 e. The zero-order chi connectivity index (χ0) is 40.3. The Morgan fingerprint density at radius 2 is 1.57 bits per heavy atom. The Hall–Kier alpha value is -3.00. The Bertz CT molecular complexity index is 1330. The molecule has 3 amide bonds. The molecule has 11 nitrogen and oxygen atoms in total. The number of amides is 3. The van der Waals surface area contributed by atoms with Crippen molar-refractivity contribution in [3.05, 3.63) is 35.4 Å². The van der Waals surface area contributed by atoms with E-state index < -0.39 is 59.8 Å². The van der Waals surface area contributed by atoms with Crippen molar-refractivity contribution in [2.75, 3.05) is 48.5 Å². The highest BCUT2D eigenvalue weighted by molar-refractivity contribution is 5.90. The van der Waals surface area contributed by atoms with Gasteiger partial charge in [-0.25, -0.2) is 8.78 Å². The largest absolute Gasteiger partial charge is 0.391 e. The molecular weight excluding hydrogens is 686 g/mol. The van der Waals surface area contributed by atoms with Crippen LogP contribution in [0.4, 0.5) is 8.78 Å². The van der Waals surface area contributed by atoms with E-state index in [9.17, 15) is 33.1 Å². The lowest BCUT2D eigenvalue weighted by Gasteiger charge is -2.41. The number of aliphatic hydroxyl groups excluding tert-OH is 1. The van der Waals surface area contributed by atoms with Crippen LogP contribution in [0.1, 0.15) is 79.7 Å². The fourth-order valence-corrected chi connectivity index (χ4v) is 8.01. The van der Waals surface area contributed by atoms with Crippen LogP contribution < -0.4 is 5.32 Å². The summed E-state index contributed by atoms with van der Waals surface area (Å²) in [6, 6.07) is 2.14. The number of rotatable bonds is 21. The van der Waals surface area contributed by atoms with E-state index in [1.807, 2.05) is 60.5 Å². The van der Waals surface area contributed by atoms with E-state index in [1.54, 1.807) is 18.9 Å². The van der Waals surface area contributed by atoms with Crippen molar-refractivity contribution in [3.63, 3.8) is 0 Å². The quantitative estimate of drug-likeness (QED) is 0.190. The molecule has 53 heavy (non-hydrogen) atoms. The number of carbonyl (C=O) groups is 4. The lowest BCUT2D eigenvalue weighted by molar-refractivity contribution is -0.149. The van der Waals surface area contributed by atoms with Gasteiger partial charge >= 0.3 is 0 Å². The van der Waals surface area contributed by atoms with Gasteiger partial charge in [-0.05, 0) is 56.8 Å². The zero-order valence-corrected chi connectivity index (χ0v) is 34.0. The highest BCUT2D eigenvalue weighted by Crippen LogP contribution is 2.31. The van der Waals surface area contributed by atoms with Crippen molar-refractivity contribution in [1.29, 1.82) is 0 Å². The molecule has 1 heterocycles. The molecular formula is C40H66F2N4O7. The fraction of sp³-hybridized carbons (Fsp3) is 0.750. The number of likely N-dealkylation sites (tertiary alicyclic amines) is 1. The minimum atomic E-state index is -0.849.